The van der Waals surface area contributed by atoms with Gasteiger partial charge in [0.1, 0.15) is 0 Å². The Labute approximate surface area is 93.3 Å². The smallest absolute Gasteiger partial charge is 0.365 e. The van der Waals surface area contributed by atoms with Gasteiger partial charge in [-0.1, -0.05) is 13.8 Å². The van der Waals surface area contributed by atoms with E-state index in [1.807, 2.05) is 7.05 Å². The maximum atomic E-state index is 3.25. The van der Waals surface area contributed by atoms with Gasteiger partial charge in [-0.15, -0.1) is 0 Å². The molecular weight excluding hydrogens is 157 g/mol. The Morgan fingerprint density at radius 1 is 1.17 bits per heavy atom. The van der Waals surface area contributed by atoms with Crippen LogP contribution in [0.15, 0.2) is 23.3 Å². The average Bonchev–Trinajstić information content (AvgIpc) is 1.88. The summed E-state index contributed by atoms with van der Waals surface area (Å²) in [7, 11) is 4.21. The van der Waals surface area contributed by atoms with Crippen molar-refractivity contribution in [2.24, 2.45) is 0 Å². The minimum Gasteiger partial charge on any atom is -0.365 e. The minimum atomic E-state index is 0. The number of allylic oxidation sites excluding steroid dienone is 2. The van der Waals surface area contributed by atoms with Crippen LogP contribution in [0, 0.1) is 6.92 Å². The predicted molar refractivity (Wildman–Crippen MR) is 57.8 cm³/mol. The monoisotopic (exact) mass is 173 g/mol. The second-order valence-corrected chi connectivity index (χ2v) is 2.56. The first-order valence-corrected chi connectivity index (χ1v) is 3.83. The zero-order valence-electron chi connectivity index (χ0n) is 8.59. The van der Waals surface area contributed by atoms with E-state index in [-0.39, 0.29) is 23.1 Å². The van der Waals surface area contributed by atoms with Crippen LogP contribution in [0.3, 0.4) is 0 Å². The summed E-state index contributed by atoms with van der Waals surface area (Å²) < 4.78 is 0. The van der Waals surface area contributed by atoms with Crippen molar-refractivity contribution in [2.75, 3.05) is 7.05 Å². The van der Waals surface area contributed by atoms with Gasteiger partial charge in [-0.3, -0.25) is 18.2 Å². The molecular formula is C9H16BMgN. The number of rotatable bonds is 0. The van der Waals surface area contributed by atoms with Crippen molar-refractivity contribution >= 4 is 30.3 Å². The maximum absolute atomic E-state index is 3.25. The molecule has 0 saturated carbocycles. The van der Waals surface area contributed by atoms with Gasteiger partial charge in [-0.25, -0.2) is 0 Å². The molecule has 0 aromatic heterocycles. The van der Waals surface area contributed by atoms with Crippen LogP contribution < -0.4 is 0 Å². The first-order valence-electron chi connectivity index (χ1n) is 3.83. The zero-order chi connectivity index (χ0) is 8.85. The van der Waals surface area contributed by atoms with Gasteiger partial charge in [0.15, 0.2) is 0 Å². The molecule has 0 saturated heterocycles. The van der Waals surface area contributed by atoms with Crippen molar-refractivity contribution in [1.29, 1.82) is 0 Å². The summed E-state index contributed by atoms with van der Waals surface area (Å²) in [5.41, 5.74) is 2.63. The van der Waals surface area contributed by atoms with E-state index in [2.05, 4.69) is 45.4 Å². The topological polar surface area (TPSA) is 3.24 Å². The predicted octanol–water partition coefficient (Wildman–Crippen LogP) is 1.82. The molecule has 3 heteroatoms. The molecule has 1 heterocycles. The standard InChI is InChI=1S/C7H11BN.C2H5.Mg/c1-6-4-9(3)5-7(2)8-6;1-2;/h4-5H,1-3H3;1H2,2H3;/q2*-1;+2. The molecule has 62 valence electrons. The van der Waals surface area contributed by atoms with Crippen molar-refractivity contribution in [3.05, 3.63) is 30.3 Å². The van der Waals surface area contributed by atoms with E-state index in [9.17, 15) is 0 Å². The molecule has 2 radical (unpaired) electrons. The Balaban J connectivity index is 0. The molecule has 1 nitrogen and oxygen atoms in total. The summed E-state index contributed by atoms with van der Waals surface area (Å²) in [4.78, 5) is 2.07. The number of hydrogen-bond donors (Lipinski definition) is 0. The molecule has 0 aliphatic carbocycles. The second kappa shape index (κ2) is 7.74. The van der Waals surface area contributed by atoms with E-state index in [0.29, 0.717) is 0 Å². The SMILES string of the molecule is CC1=CN(C)C=C(C)[B-]1.[CH2-]C.[Mg+2]. The van der Waals surface area contributed by atoms with Gasteiger partial charge < -0.3 is 11.8 Å². The number of nitrogens with zero attached hydrogens (tertiary/aromatic N) is 1. The van der Waals surface area contributed by atoms with Gasteiger partial charge >= 0.3 is 23.1 Å². The van der Waals surface area contributed by atoms with E-state index in [0.717, 1.165) is 0 Å². The van der Waals surface area contributed by atoms with Crippen LogP contribution in [0.5, 0.6) is 0 Å². The summed E-state index contributed by atoms with van der Waals surface area (Å²) in [6, 6.07) is 0. The normalized spacial score (nSPS) is 14.9. The fourth-order valence-electron chi connectivity index (χ4n) is 1.11. The van der Waals surface area contributed by atoms with Crippen molar-refractivity contribution in [3.63, 3.8) is 0 Å². The largest absolute Gasteiger partial charge is 2.00 e. The van der Waals surface area contributed by atoms with Crippen LogP contribution in [-0.2, 0) is 0 Å². The molecule has 0 N–H and O–H groups in total. The first-order chi connectivity index (χ1) is 5.18. The van der Waals surface area contributed by atoms with Gasteiger partial charge in [-0.05, 0) is 12.4 Å². The van der Waals surface area contributed by atoms with Crippen LogP contribution in [0.25, 0.3) is 0 Å². The molecule has 12 heavy (non-hydrogen) atoms. The summed E-state index contributed by atoms with van der Waals surface area (Å²) >= 11 is 0. The number of hydrogen-bond acceptors (Lipinski definition) is 1. The summed E-state index contributed by atoms with van der Waals surface area (Å²) in [6.45, 7) is 9.21. The van der Waals surface area contributed by atoms with Crippen molar-refractivity contribution in [2.45, 2.75) is 20.8 Å². The molecule has 0 atom stereocenters. The Morgan fingerprint density at radius 3 is 1.75 bits per heavy atom. The Bertz CT molecular complexity index is 157. The molecule has 0 spiro atoms. The average molecular weight is 173 g/mol. The van der Waals surface area contributed by atoms with Crippen LogP contribution in [0.2, 0.25) is 0 Å². The molecule has 1 aliphatic heterocycles. The van der Waals surface area contributed by atoms with E-state index in [1.54, 1.807) is 6.92 Å². The van der Waals surface area contributed by atoms with E-state index >= 15 is 0 Å². The summed E-state index contributed by atoms with van der Waals surface area (Å²) in [5.74, 6) is 0. The fraction of sp³-hybridized carbons (Fsp3) is 0.444. The Hall–Kier alpha value is 0.111. The molecule has 0 bridgehead atoms. The van der Waals surface area contributed by atoms with Crippen molar-refractivity contribution < 1.29 is 0 Å². The van der Waals surface area contributed by atoms with Crippen LogP contribution >= 0.6 is 0 Å². The van der Waals surface area contributed by atoms with E-state index in [4.69, 9.17) is 0 Å². The Kier molecular flexibility index (Phi) is 9.44. The quantitative estimate of drug-likeness (QED) is 0.399. The van der Waals surface area contributed by atoms with Gasteiger partial charge in [0, 0.05) is 7.05 Å². The van der Waals surface area contributed by atoms with Crippen LogP contribution in [0.4, 0.5) is 0 Å². The molecule has 0 unspecified atom stereocenters. The summed E-state index contributed by atoms with van der Waals surface area (Å²) in [6.07, 6.45) is 4.21. The third kappa shape index (κ3) is 5.72. The molecule has 0 aromatic rings. The van der Waals surface area contributed by atoms with Crippen molar-refractivity contribution in [3.8, 4) is 0 Å². The van der Waals surface area contributed by atoms with Crippen LogP contribution in [0.1, 0.15) is 20.8 Å². The molecule has 0 fully saturated rings. The fourth-order valence-corrected chi connectivity index (χ4v) is 1.11. The van der Waals surface area contributed by atoms with Gasteiger partial charge in [0.05, 0.1) is 0 Å². The molecule has 0 amide bonds. The Morgan fingerprint density at radius 2 is 1.50 bits per heavy atom. The van der Waals surface area contributed by atoms with Crippen LogP contribution in [-0.4, -0.2) is 42.3 Å². The second-order valence-electron chi connectivity index (χ2n) is 2.56. The third-order valence-corrected chi connectivity index (χ3v) is 1.27. The molecule has 1 rings (SSSR count). The van der Waals surface area contributed by atoms with Gasteiger partial charge in [-0.2, -0.15) is 6.92 Å². The van der Waals surface area contributed by atoms with E-state index in [1.165, 1.54) is 10.9 Å². The maximum Gasteiger partial charge on any atom is 2.00 e. The van der Waals surface area contributed by atoms with E-state index < -0.39 is 0 Å². The molecule has 1 aliphatic rings. The zero-order valence-corrected chi connectivity index (χ0v) is 10.0. The van der Waals surface area contributed by atoms with Gasteiger partial charge in [0.25, 0.3) is 0 Å². The molecule has 0 aromatic carbocycles. The van der Waals surface area contributed by atoms with Gasteiger partial charge in [0.2, 0.25) is 0 Å². The summed E-state index contributed by atoms with van der Waals surface area (Å²) in [5, 5.41) is 0. The first kappa shape index (κ1) is 14.6. The van der Waals surface area contributed by atoms with Crippen molar-refractivity contribution in [1.82, 2.24) is 4.90 Å². The minimum absolute atomic E-state index is 0. The third-order valence-electron chi connectivity index (χ3n) is 1.27.